The molecule has 1 aromatic heterocycles. The number of anilines is 1. The number of halogens is 1. The Morgan fingerprint density at radius 3 is 2.50 bits per heavy atom. The average Bonchev–Trinajstić information content (AvgIpc) is 2.42. The van der Waals surface area contributed by atoms with Crippen molar-refractivity contribution >= 4 is 21.9 Å². The Bertz CT molecular complexity index is 475. The molecule has 0 saturated carbocycles. The van der Waals surface area contributed by atoms with E-state index in [4.69, 9.17) is 0 Å². The number of aromatic nitrogens is 2. The predicted molar refractivity (Wildman–Crippen MR) is 74.2 cm³/mol. The Morgan fingerprint density at radius 1 is 1.17 bits per heavy atom. The molecule has 4 nitrogen and oxygen atoms in total. The van der Waals surface area contributed by atoms with Gasteiger partial charge in [0.2, 0.25) is 5.95 Å². The third-order valence-electron chi connectivity index (χ3n) is 2.51. The lowest BCUT2D eigenvalue weighted by Crippen LogP contribution is -2.09. The molecule has 0 fully saturated rings. The number of aliphatic hydroxyl groups is 1. The second kappa shape index (κ2) is 6.47. The molecule has 1 unspecified atom stereocenters. The fourth-order valence-corrected chi connectivity index (χ4v) is 1.77. The maximum Gasteiger partial charge on any atom is 0.222 e. The first-order chi connectivity index (χ1) is 8.75. The first kappa shape index (κ1) is 13.0. The molecule has 94 valence electrons. The van der Waals surface area contributed by atoms with Crippen LogP contribution in [0.3, 0.4) is 0 Å². The van der Waals surface area contributed by atoms with Crippen LogP contribution in [0, 0.1) is 0 Å². The molecule has 0 saturated heterocycles. The Morgan fingerprint density at radius 2 is 1.83 bits per heavy atom. The van der Waals surface area contributed by atoms with Gasteiger partial charge in [-0.05, 0) is 27.9 Å². The van der Waals surface area contributed by atoms with E-state index >= 15 is 0 Å². The first-order valence-electron chi connectivity index (χ1n) is 5.70. The van der Waals surface area contributed by atoms with Crippen molar-refractivity contribution in [3.05, 3.63) is 52.8 Å². The number of nitrogens with zero attached hydrogens (tertiary/aromatic N) is 2. The smallest absolute Gasteiger partial charge is 0.222 e. The van der Waals surface area contributed by atoms with Crippen LogP contribution in [-0.4, -0.2) is 21.6 Å². The molecule has 0 amide bonds. The minimum Gasteiger partial charge on any atom is -0.388 e. The highest BCUT2D eigenvalue weighted by Crippen LogP contribution is 2.15. The zero-order valence-electron chi connectivity index (χ0n) is 9.75. The van der Waals surface area contributed by atoms with Gasteiger partial charge in [0.1, 0.15) is 0 Å². The van der Waals surface area contributed by atoms with Gasteiger partial charge in [-0.1, -0.05) is 30.3 Å². The van der Waals surface area contributed by atoms with Crippen LogP contribution < -0.4 is 5.32 Å². The molecule has 0 aliphatic rings. The molecule has 0 spiro atoms. The van der Waals surface area contributed by atoms with E-state index in [-0.39, 0.29) is 0 Å². The van der Waals surface area contributed by atoms with Crippen molar-refractivity contribution in [3.8, 4) is 0 Å². The Labute approximate surface area is 114 Å². The lowest BCUT2D eigenvalue weighted by Gasteiger charge is -2.11. The lowest BCUT2D eigenvalue weighted by atomic mass is 10.1. The summed E-state index contributed by atoms with van der Waals surface area (Å²) in [5.41, 5.74) is 0.927. The molecular formula is C13H14BrN3O. The zero-order valence-corrected chi connectivity index (χ0v) is 11.3. The van der Waals surface area contributed by atoms with Crippen LogP contribution in [0.4, 0.5) is 5.95 Å². The molecule has 1 heterocycles. The van der Waals surface area contributed by atoms with Crippen LogP contribution in [0.15, 0.2) is 47.2 Å². The van der Waals surface area contributed by atoms with Crippen molar-refractivity contribution < 1.29 is 5.11 Å². The zero-order chi connectivity index (χ0) is 12.8. The van der Waals surface area contributed by atoms with E-state index in [0.717, 1.165) is 10.0 Å². The van der Waals surface area contributed by atoms with Crippen molar-refractivity contribution in [2.75, 3.05) is 11.9 Å². The summed E-state index contributed by atoms with van der Waals surface area (Å²) in [6, 6.07) is 9.61. The van der Waals surface area contributed by atoms with E-state index in [0.29, 0.717) is 18.9 Å². The monoisotopic (exact) mass is 307 g/mol. The molecule has 1 aromatic carbocycles. The number of hydrogen-bond donors (Lipinski definition) is 2. The minimum absolute atomic E-state index is 0.464. The van der Waals surface area contributed by atoms with Crippen molar-refractivity contribution in [3.63, 3.8) is 0 Å². The summed E-state index contributed by atoms with van der Waals surface area (Å²) in [4.78, 5) is 8.19. The number of nitrogens with one attached hydrogen (secondary N) is 1. The van der Waals surface area contributed by atoms with Crippen molar-refractivity contribution in [1.82, 2.24) is 9.97 Å². The molecule has 18 heavy (non-hydrogen) atoms. The topological polar surface area (TPSA) is 58.0 Å². The molecule has 2 N–H and O–H groups in total. The van der Waals surface area contributed by atoms with Gasteiger partial charge in [0.05, 0.1) is 10.6 Å². The Hall–Kier alpha value is -1.46. The van der Waals surface area contributed by atoms with Gasteiger partial charge >= 0.3 is 0 Å². The van der Waals surface area contributed by atoms with Gasteiger partial charge in [-0.2, -0.15) is 0 Å². The third kappa shape index (κ3) is 3.78. The highest BCUT2D eigenvalue weighted by molar-refractivity contribution is 9.10. The molecule has 0 aliphatic heterocycles. The second-order valence-corrected chi connectivity index (χ2v) is 4.78. The van der Waals surface area contributed by atoms with Gasteiger partial charge < -0.3 is 10.4 Å². The number of hydrogen-bond acceptors (Lipinski definition) is 4. The molecule has 5 heteroatoms. The van der Waals surface area contributed by atoms with Gasteiger partial charge in [-0.15, -0.1) is 0 Å². The van der Waals surface area contributed by atoms with E-state index < -0.39 is 6.10 Å². The van der Waals surface area contributed by atoms with Gasteiger partial charge in [-0.3, -0.25) is 0 Å². The average molecular weight is 308 g/mol. The molecule has 0 radical (unpaired) electrons. The van der Waals surface area contributed by atoms with Crippen LogP contribution in [0.25, 0.3) is 0 Å². The van der Waals surface area contributed by atoms with Crippen LogP contribution in [0.1, 0.15) is 18.1 Å². The van der Waals surface area contributed by atoms with Crippen molar-refractivity contribution in [2.45, 2.75) is 12.5 Å². The largest absolute Gasteiger partial charge is 0.388 e. The highest BCUT2D eigenvalue weighted by atomic mass is 79.9. The van der Waals surface area contributed by atoms with Crippen LogP contribution >= 0.6 is 15.9 Å². The maximum absolute atomic E-state index is 9.95. The summed E-state index contributed by atoms with van der Waals surface area (Å²) in [5, 5.41) is 13.0. The summed E-state index contributed by atoms with van der Waals surface area (Å²) in [6.45, 7) is 0.623. The fourth-order valence-electron chi connectivity index (χ4n) is 1.57. The van der Waals surface area contributed by atoms with E-state index in [9.17, 15) is 5.11 Å². The first-order valence-corrected chi connectivity index (χ1v) is 6.49. The van der Waals surface area contributed by atoms with Crippen molar-refractivity contribution in [2.24, 2.45) is 0 Å². The van der Waals surface area contributed by atoms with Crippen LogP contribution in [-0.2, 0) is 0 Å². The van der Waals surface area contributed by atoms with Crippen molar-refractivity contribution in [1.29, 1.82) is 0 Å². The Kier molecular flexibility index (Phi) is 4.66. The number of benzene rings is 1. The SMILES string of the molecule is OC(CCNc1ncc(Br)cn1)c1ccccc1. The standard InChI is InChI=1S/C13H14BrN3O/c14-11-8-16-13(17-9-11)15-7-6-12(18)10-4-2-1-3-5-10/h1-5,8-9,12,18H,6-7H2,(H,15,16,17). The van der Waals surface area contributed by atoms with Gasteiger partial charge in [0.25, 0.3) is 0 Å². The van der Waals surface area contributed by atoms with E-state index in [1.807, 2.05) is 30.3 Å². The fraction of sp³-hybridized carbons (Fsp3) is 0.231. The Balaban J connectivity index is 1.80. The highest BCUT2D eigenvalue weighted by Gasteiger charge is 2.06. The van der Waals surface area contributed by atoms with E-state index in [1.165, 1.54) is 0 Å². The summed E-state index contributed by atoms with van der Waals surface area (Å²) in [6.07, 6.45) is 3.52. The molecule has 0 aliphatic carbocycles. The normalized spacial score (nSPS) is 12.1. The van der Waals surface area contributed by atoms with Crippen LogP contribution in [0.5, 0.6) is 0 Å². The molecule has 0 bridgehead atoms. The predicted octanol–water partition coefficient (Wildman–Crippen LogP) is 2.77. The van der Waals surface area contributed by atoms with Gasteiger partial charge in [0, 0.05) is 18.9 Å². The summed E-state index contributed by atoms with van der Waals surface area (Å²) in [5.74, 6) is 0.568. The quantitative estimate of drug-likeness (QED) is 0.892. The van der Waals surface area contributed by atoms with Crippen LogP contribution in [0.2, 0.25) is 0 Å². The van der Waals surface area contributed by atoms with E-state index in [2.05, 4.69) is 31.2 Å². The third-order valence-corrected chi connectivity index (χ3v) is 2.92. The maximum atomic E-state index is 9.95. The molecule has 2 rings (SSSR count). The number of rotatable bonds is 5. The molecule has 2 aromatic rings. The second-order valence-electron chi connectivity index (χ2n) is 3.87. The summed E-state index contributed by atoms with van der Waals surface area (Å²) < 4.78 is 0.845. The molecule has 1 atom stereocenters. The van der Waals surface area contributed by atoms with Gasteiger partial charge in [0.15, 0.2) is 0 Å². The molecular weight excluding hydrogens is 294 g/mol. The number of aliphatic hydroxyl groups excluding tert-OH is 1. The summed E-state index contributed by atoms with van der Waals surface area (Å²) >= 11 is 3.27. The summed E-state index contributed by atoms with van der Waals surface area (Å²) in [7, 11) is 0. The minimum atomic E-state index is -0.464. The van der Waals surface area contributed by atoms with E-state index in [1.54, 1.807) is 12.4 Å². The van der Waals surface area contributed by atoms with Gasteiger partial charge in [-0.25, -0.2) is 9.97 Å². The lowest BCUT2D eigenvalue weighted by molar-refractivity contribution is 0.171.